The van der Waals surface area contributed by atoms with Crippen molar-refractivity contribution in [3.05, 3.63) is 107 Å². The summed E-state index contributed by atoms with van der Waals surface area (Å²) in [5, 5.41) is 20.2. The molecule has 1 fully saturated rings. The molecule has 0 spiro atoms. The third-order valence-corrected chi connectivity index (χ3v) is 8.24. The van der Waals surface area contributed by atoms with Gasteiger partial charge in [0.25, 0.3) is 0 Å². The van der Waals surface area contributed by atoms with E-state index in [-0.39, 0.29) is 11.6 Å². The molecule has 2 aliphatic rings. The zero-order valence-corrected chi connectivity index (χ0v) is 21.5. The first-order valence-corrected chi connectivity index (χ1v) is 13.7. The summed E-state index contributed by atoms with van der Waals surface area (Å²) in [6.07, 6.45) is 5.56. The number of hydrogen-bond donors (Lipinski definition) is 3. The van der Waals surface area contributed by atoms with Crippen LogP contribution in [0.1, 0.15) is 48.4 Å². The first kappa shape index (κ1) is 24.0. The molecule has 0 aliphatic carbocycles. The van der Waals surface area contributed by atoms with E-state index in [0.717, 1.165) is 31.7 Å². The van der Waals surface area contributed by atoms with Crippen LogP contribution in [0.15, 0.2) is 84.9 Å². The molecule has 37 heavy (non-hydrogen) atoms. The van der Waals surface area contributed by atoms with Gasteiger partial charge in [-0.25, -0.2) is 0 Å². The largest absolute Gasteiger partial charge is 0.508 e. The minimum Gasteiger partial charge on any atom is -0.508 e. The summed E-state index contributed by atoms with van der Waals surface area (Å²) >= 11 is 0. The standard InChI is InChI=1S/C33H36N2O2/c1-23(32-8-4-5-18-34-32)37-30-14-9-24(10-15-30)22-33(28-12-11-25-6-2-3-7-26(25)20-28)31-16-13-29(36)21-27(31)17-19-35-33/h2-3,6-7,9-16,20-21,23,32,34-36H,4-5,8,17-19,22H2,1H3. The Morgan fingerprint density at radius 3 is 2.57 bits per heavy atom. The second kappa shape index (κ2) is 10.2. The Kier molecular flexibility index (Phi) is 6.62. The summed E-state index contributed by atoms with van der Waals surface area (Å²) in [4.78, 5) is 0. The van der Waals surface area contributed by atoms with Gasteiger partial charge >= 0.3 is 0 Å². The van der Waals surface area contributed by atoms with E-state index >= 15 is 0 Å². The number of ether oxygens (including phenoxy) is 1. The highest BCUT2D eigenvalue weighted by Crippen LogP contribution is 2.40. The Labute approximate surface area is 219 Å². The molecular formula is C33H36N2O2. The van der Waals surface area contributed by atoms with E-state index < -0.39 is 0 Å². The van der Waals surface area contributed by atoms with Gasteiger partial charge in [0.1, 0.15) is 17.6 Å². The van der Waals surface area contributed by atoms with Crippen LogP contribution in [0, 0.1) is 0 Å². The molecule has 4 aromatic carbocycles. The third-order valence-electron chi connectivity index (χ3n) is 8.24. The molecular weight excluding hydrogens is 456 g/mol. The first-order valence-electron chi connectivity index (χ1n) is 13.7. The lowest BCUT2D eigenvalue weighted by Crippen LogP contribution is -2.49. The van der Waals surface area contributed by atoms with Crippen LogP contribution in [-0.2, 0) is 18.4 Å². The van der Waals surface area contributed by atoms with Gasteiger partial charge in [-0.05, 0) is 103 Å². The second-order valence-corrected chi connectivity index (χ2v) is 10.7. The maximum absolute atomic E-state index is 10.2. The monoisotopic (exact) mass is 492 g/mol. The molecule has 0 bridgehead atoms. The zero-order valence-electron chi connectivity index (χ0n) is 21.5. The van der Waals surface area contributed by atoms with Gasteiger partial charge < -0.3 is 20.5 Å². The van der Waals surface area contributed by atoms with E-state index in [1.165, 1.54) is 52.3 Å². The Morgan fingerprint density at radius 1 is 0.919 bits per heavy atom. The number of nitrogens with one attached hydrogen (secondary N) is 2. The van der Waals surface area contributed by atoms with E-state index in [1.807, 2.05) is 12.1 Å². The van der Waals surface area contributed by atoms with Crippen molar-refractivity contribution in [1.82, 2.24) is 10.6 Å². The van der Waals surface area contributed by atoms with Crippen molar-refractivity contribution in [2.75, 3.05) is 13.1 Å². The summed E-state index contributed by atoms with van der Waals surface area (Å²) in [6.45, 7) is 4.11. The maximum Gasteiger partial charge on any atom is 0.119 e. The molecule has 2 aliphatic heterocycles. The molecule has 0 radical (unpaired) electrons. The Morgan fingerprint density at radius 2 is 1.76 bits per heavy atom. The summed E-state index contributed by atoms with van der Waals surface area (Å²) in [5.41, 5.74) is 4.56. The normalized spacial score (nSPS) is 22.4. The molecule has 0 saturated carbocycles. The predicted molar refractivity (Wildman–Crippen MR) is 150 cm³/mol. The molecule has 3 N–H and O–H groups in total. The number of piperidine rings is 1. The molecule has 6 rings (SSSR count). The fourth-order valence-corrected chi connectivity index (χ4v) is 6.25. The van der Waals surface area contributed by atoms with Crippen LogP contribution in [0.2, 0.25) is 0 Å². The molecule has 0 amide bonds. The van der Waals surface area contributed by atoms with Crippen molar-refractivity contribution in [2.45, 2.75) is 56.7 Å². The molecule has 4 heteroatoms. The summed E-state index contributed by atoms with van der Waals surface area (Å²) in [5.74, 6) is 1.25. The number of hydrogen-bond acceptors (Lipinski definition) is 4. The quantitative estimate of drug-likeness (QED) is 0.305. The number of benzene rings is 4. The predicted octanol–water partition coefficient (Wildman–Crippen LogP) is 6.09. The molecule has 1 saturated heterocycles. The van der Waals surface area contributed by atoms with Gasteiger partial charge in [-0.15, -0.1) is 0 Å². The van der Waals surface area contributed by atoms with Crippen LogP contribution in [0.4, 0.5) is 0 Å². The van der Waals surface area contributed by atoms with Crippen LogP contribution in [0.3, 0.4) is 0 Å². The third kappa shape index (κ3) is 4.84. The van der Waals surface area contributed by atoms with E-state index in [0.29, 0.717) is 11.8 Å². The van der Waals surface area contributed by atoms with Crippen molar-refractivity contribution >= 4 is 10.8 Å². The van der Waals surface area contributed by atoms with E-state index in [4.69, 9.17) is 4.74 Å². The lowest BCUT2D eigenvalue weighted by atomic mass is 9.73. The Hall–Kier alpha value is -3.34. The van der Waals surface area contributed by atoms with Gasteiger partial charge in [0.05, 0.1) is 5.54 Å². The van der Waals surface area contributed by atoms with Crippen molar-refractivity contribution in [1.29, 1.82) is 0 Å². The fraction of sp³-hybridized carbons (Fsp3) is 0.333. The highest BCUT2D eigenvalue weighted by Gasteiger charge is 2.38. The molecule has 3 atom stereocenters. The fourth-order valence-electron chi connectivity index (χ4n) is 6.25. The number of phenolic OH excluding ortho intramolecular Hbond substituents is 1. The van der Waals surface area contributed by atoms with Crippen LogP contribution in [0.5, 0.6) is 11.5 Å². The molecule has 3 unspecified atom stereocenters. The van der Waals surface area contributed by atoms with E-state index in [2.05, 4.69) is 90.4 Å². The number of aromatic hydroxyl groups is 1. The van der Waals surface area contributed by atoms with Crippen LogP contribution >= 0.6 is 0 Å². The van der Waals surface area contributed by atoms with Crippen molar-refractivity contribution < 1.29 is 9.84 Å². The Balaban J connectivity index is 1.33. The van der Waals surface area contributed by atoms with Crippen molar-refractivity contribution in [3.8, 4) is 11.5 Å². The summed E-state index contributed by atoms with van der Waals surface area (Å²) < 4.78 is 6.32. The zero-order chi connectivity index (χ0) is 25.2. The second-order valence-electron chi connectivity index (χ2n) is 10.7. The topological polar surface area (TPSA) is 53.5 Å². The van der Waals surface area contributed by atoms with Crippen LogP contribution in [0.25, 0.3) is 10.8 Å². The lowest BCUT2D eigenvalue weighted by Gasteiger charge is -2.41. The highest BCUT2D eigenvalue weighted by atomic mass is 16.5. The van der Waals surface area contributed by atoms with Crippen molar-refractivity contribution in [3.63, 3.8) is 0 Å². The highest BCUT2D eigenvalue weighted by molar-refractivity contribution is 5.83. The van der Waals surface area contributed by atoms with E-state index in [9.17, 15) is 5.11 Å². The molecule has 190 valence electrons. The van der Waals surface area contributed by atoms with Gasteiger partial charge in [-0.3, -0.25) is 0 Å². The van der Waals surface area contributed by atoms with Crippen LogP contribution < -0.4 is 15.4 Å². The van der Waals surface area contributed by atoms with Crippen LogP contribution in [-0.4, -0.2) is 30.3 Å². The van der Waals surface area contributed by atoms with Gasteiger partial charge in [-0.1, -0.05) is 61.0 Å². The first-order chi connectivity index (χ1) is 18.1. The summed E-state index contributed by atoms with van der Waals surface area (Å²) in [6, 6.07) is 30.2. The Bertz CT molecular complexity index is 1380. The van der Waals surface area contributed by atoms with Gasteiger partial charge in [-0.2, -0.15) is 0 Å². The van der Waals surface area contributed by atoms with Crippen molar-refractivity contribution in [2.24, 2.45) is 0 Å². The summed E-state index contributed by atoms with van der Waals surface area (Å²) in [7, 11) is 0. The van der Waals surface area contributed by atoms with E-state index in [1.54, 1.807) is 0 Å². The molecule has 4 aromatic rings. The number of fused-ring (bicyclic) bond motifs is 2. The maximum atomic E-state index is 10.2. The average Bonchev–Trinajstić information content (AvgIpc) is 2.94. The SMILES string of the molecule is CC(Oc1ccc(CC2(c3ccc4ccccc4c3)NCCc3cc(O)ccc32)cc1)C1CCCCN1. The average molecular weight is 493 g/mol. The van der Waals surface area contributed by atoms with Gasteiger partial charge in [0.2, 0.25) is 0 Å². The van der Waals surface area contributed by atoms with Gasteiger partial charge in [0.15, 0.2) is 0 Å². The number of phenols is 1. The minimum absolute atomic E-state index is 0.148. The van der Waals surface area contributed by atoms with Gasteiger partial charge in [0, 0.05) is 12.6 Å². The molecule has 0 aromatic heterocycles. The molecule has 2 heterocycles. The number of rotatable bonds is 6. The molecule has 4 nitrogen and oxygen atoms in total. The lowest BCUT2D eigenvalue weighted by molar-refractivity contribution is 0.152. The minimum atomic E-state index is -0.382. The smallest absolute Gasteiger partial charge is 0.119 e.